The third-order valence-electron chi connectivity index (χ3n) is 5.84. The van der Waals surface area contributed by atoms with Crippen molar-refractivity contribution < 1.29 is 18.6 Å². The molecule has 1 amide bonds. The quantitative estimate of drug-likeness (QED) is 0.398. The van der Waals surface area contributed by atoms with E-state index in [-0.39, 0.29) is 12.5 Å². The number of amides is 1. The van der Waals surface area contributed by atoms with Crippen LogP contribution in [-0.2, 0) is 13.2 Å². The van der Waals surface area contributed by atoms with Crippen molar-refractivity contribution in [3.63, 3.8) is 0 Å². The number of carbonyl (C=O) groups excluding carboxylic acids is 1. The van der Waals surface area contributed by atoms with Crippen LogP contribution in [0.2, 0.25) is 0 Å². The van der Waals surface area contributed by atoms with Gasteiger partial charge in [0.05, 0.1) is 6.54 Å². The molecule has 0 unspecified atom stereocenters. The SMILES string of the molecule is Cc1ccc(-c2noc(CN3CCN(C(=O)c4ccc(OCc5noc(C)n5)cc4)CC3)n2)cc1. The van der Waals surface area contributed by atoms with E-state index in [2.05, 4.69) is 25.2 Å². The highest BCUT2D eigenvalue weighted by molar-refractivity contribution is 5.94. The van der Waals surface area contributed by atoms with E-state index in [4.69, 9.17) is 13.8 Å². The van der Waals surface area contributed by atoms with Crippen LogP contribution in [0, 0.1) is 13.8 Å². The molecular formula is C25H26N6O4. The molecule has 35 heavy (non-hydrogen) atoms. The molecule has 0 saturated carbocycles. The van der Waals surface area contributed by atoms with Crippen molar-refractivity contribution in [3.05, 3.63) is 77.3 Å². The Morgan fingerprint density at radius 3 is 2.34 bits per heavy atom. The van der Waals surface area contributed by atoms with E-state index in [1.54, 1.807) is 31.2 Å². The molecule has 1 aliphatic rings. The van der Waals surface area contributed by atoms with E-state index in [9.17, 15) is 4.79 Å². The van der Waals surface area contributed by atoms with Gasteiger partial charge in [0.2, 0.25) is 23.4 Å². The molecule has 5 rings (SSSR count). The number of piperazine rings is 1. The summed E-state index contributed by atoms with van der Waals surface area (Å²) < 4.78 is 16.0. The van der Waals surface area contributed by atoms with Crippen LogP contribution in [0.5, 0.6) is 5.75 Å². The first-order valence-corrected chi connectivity index (χ1v) is 11.5. The fraction of sp³-hybridized carbons (Fsp3) is 0.320. The minimum atomic E-state index is 0.00411. The lowest BCUT2D eigenvalue weighted by Gasteiger charge is -2.34. The first-order chi connectivity index (χ1) is 17.0. The summed E-state index contributed by atoms with van der Waals surface area (Å²) in [7, 11) is 0. The average Bonchev–Trinajstić information content (AvgIpc) is 3.52. The Balaban J connectivity index is 1.10. The second-order valence-electron chi connectivity index (χ2n) is 8.49. The molecule has 180 valence electrons. The molecule has 2 aromatic carbocycles. The van der Waals surface area contributed by atoms with E-state index < -0.39 is 0 Å². The van der Waals surface area contributed by atoms with E-state index in [1.807, 2.05) is 36.1 Å². The molecule has 1 fully saturated rings. The highest BCUT2D eigenvalue weighted by atomic mass is 16.5. The van der Waals surface area contributed by atoms with Crippen LogP contribution < -0.4 is 4.74 Å². The van der Waals surface area contributed by atoms with Crippen LogP contribution in [0.3, 0.4) is 0 Å². The maximum atomic E-state index is 12.9. The summed E-state index contributed by atoms with van der Waals surface area (Å²) in [6.07, 6.45) is 0. The summed E-state index contributed by atoms with van der Waals surface area (Å²) >= 11 is 0. The van der Waals surface area contributed by atoms with E-state index in [0.29, 0.717) is 54.4 Å². The number of hydrogen-bond acceptors (Lipinski definition) is 9. The minimum Gasteiger partial charge on any atom is -0.485 e. The molecule has 0 spiro atoms. The highest BCUT2D eigenvalue weighted by Gasteiger charge is 2.23. The van der Waals surface area contributed by atoms with Gasteiger partial charge in [0.1, 0.15) is 5.75 Å². The summed E-state index contributed by atoms with van der Waals surface area (Å²) in [4.78, 5) is 25.6. The molecule has 10 heteroatoms. The molecule has 0 radical (unpaired) electrons. The van der Waals surface area contributed by atoms with Crippen LogP contribution >= 0.6 is 0 Å². The highest BCUT2D eigenvalue weighted by Crippen LogP contribution is 2.19. The summed E-state index contributed by atoms with van der Waals surface area (Å²) in [5.74, 6) is 2.78. The topological polar surface area (TPSA) is 111 Å². The Kier molecular flexibility index (Phi) is 6.53. The number of aryl methyl sites for hydroxylation is 2. The van der Waals surface area contributed by atoms with Crippen LogP contribution in [0.15, 0.2) is 57.6 Å². The van der Waals surface area contributed by atoms with Gasteiger partial charge in [-0.25, -0.2) is 0 Å². The lowest BCUT2D eigenvalue weighted by molar-refractivity contribution is 0.0615. The maximum Gasteiger partial charge on any atom is 0.253 e. The fourth-order valence-corrected chi connectivity index (χ4v) is 3.86. The number of hydrogen-bond donors (Lipinski definition) is 0. The first-order valence-electron chi connectivity index (χ1n) is 11.5. The molecule has 10 nitrogen and oxygen atoms in total. The number of aromatic nitrogens is 4. The number of carbonyl (C=O) groups is 1. The van der Waals surface area contributed by atoms with Crippen molar-refractivity contribution in [2.24, 2.45) is 0 Å². The van der Waals surface area contributed by atoms with Crippen LogP contribution in [0.1, 0.15) is 33.5 Å². The van der Waals surface area contributed by atoms with Crippen molar-refractivity contribution >= 4 is 5.91 Å². The van der Waals surface area contributed by atoms with Gasteiger partial charge in [-0.05, 0) is 31.2 Å². The molecule has 2 aromatic heterocycles. The molecule has 1 aliphatic heterocycles. The van der Waals surface area contributed by atoms with Crippen molar-refractivity contribution in [1.82, 2.24) is 30.1 Å². The van der Waals surface area contributed by atoms with E-state index in [0.717, 1.165) is 18.7 Å². The van der Waals surface area contributed by atoms with Gasteiger partial charge >= 0.3 is 0 Å². The van der Waals surface area contributed by atoms with Crippen LogP contribution in [-0.4, -0.2) is 62.2 Å². The number of rotatable bonds is 7. The number of nitrogens with zero attached hydrogens (tertiary/aromatic N) is 6. The van der Waals surface area contributed by atoms with Crippen LogP contribution in [0.4, 0.5) is 0 Å². The second-order valence-corrected chi connectivity index (χ2v) is 8.49. The first kappa shape index (κ1) is 22.7. The zero-order chi connectivity index (χ0) is 24.2. The third-order valence-corrected chi connectivity index (χ3v) is 5.84. The van der Waals surface area contributed by atoms with Gasteiger partial charge in [0.25, 0.3) is 5.91 Å². The van der Waals surface area contributed by atoms with Gasteiger partial charge in [-0.2, -0.15) is 9.97 Å². The monoisotopic (exact) mass is 474 g/mol. The standard InChI is InChI=1S/C25H26N6O4/c1-17-3-5-19(6-4-17)24-27-23(35-29-24)15-30-11-13-31(14-12-30)25(32)20-7-9-21(10-8-20)33-16-22-26-18(2)34-28-22/h3-10H,11-16H2,1-2H3. The number of ether oxygens (including phenoxy) is 1. The molecule has 1 saturated heterocycles. The van der Waals surface area contributed by atoms with Crippen molar-refractivity contribution in [3.8, 4) is 17.1 Å². The Morgan fingerprint density at radius 1 is 0.914 bits per heavy atom. The lowest BCUT2D eigenvalue weighted by Crippen LogP contribution is -2.48. The predicted molar refractivity (Wildman–Crippen MR) is 125 cm³/mol. The van der Waals surface area contributed by atoms with Crippen molar-refractivity contribution in [2.45, 2.75) is 27.0 Å². The maximum absolute atomic E-state index is 12.9. The molecule has 0 atom stereocenters. The van der Waals surface area contributed by atoms with Crippen LogP contribution in [0.25, 0.3) is 11.4 Å². The summed E-state index contributed by atoms with van der Waals surface area (Å²) in [5.41, 5.74) is 2.74. The predicted octanol–water partition coefficient (Wildman–Crippen LogP) is 3.27. The smallest absolute Gasteiger partial charge is 0.253 e. The summed E-state index contributed by atoms with van der Waals surface area (Å²) in [6, 6.07) is 15.1. The largest absolute Gasteiger partial charge is 0.485 e. The van der Waals surface area contributed by atoms with Gasteiger partial charge in [-0.3, -0.25) is 9.69 Å². The van der Waals surface area contributed by atoms with Gasteiger partial charge in [-0.1, -0.05) is 40.1 Å². The number of benzene rings is 2. The zero-order valence-electron chi connectivity index (χ0n) is 19.7. The van der Waals surface area contributed by atoms with Gasteiger partial charge in [-0.15, -0.1) is 0 Å². The van der Waals surface area contributed by atoms with E-state index >= 15 is 0 Å². The summed E-state index contributed by atoms with van der Waals surface area (Å²) in [6.45, 7) is 7.27. The Labute approximate surface area is 202 Å². The normalized spacial score (nSPS) is 14.3. The van der Waals surface area contributed by atoms with Gasteiger partial charge in [0.15, 0.2) is 6.61 Å². The van der Waals surface area contributed by atoms with Gasteiger partial charge in [0, 0.05) is 44.2 Å². The zero-order valence-corrected chi connectivity index (χ0v) is 19.7. The lowest BCUT2D eigenvalue weighted by atomic mass is 10.1. The van der Waals surface area contributed by atoms with Crippen molar-refractivity contribution in [1.29, 1.82) is 0 Å². The Bertz CT molecular complexity index is 1270. The fourth-order valence-electron chi connectivity index (χ4n) is 3.86. The molecule has 0 bridgehead atoms. The minimum absolute atomic E-state index is 0.00411. The summed E-state index contributed by atoms with van der Waals surface area (Å²) in [5, 5.41) is 7.90. The van der Waals surface area contributed by atoms with Crippen molar-refractivity contribution in [2.75, 3.05) is 26.2 Å². The van der Waals surface area contributed by atoms with Gasteiger partial charge < -0.3 is 18.7 Å². The Hall–Kier alpha value is -4.05. The average molecular weight is 475 g/mol. The molecule has 3 heterocycles. The molecular weight excluding hydrogens is 448 g/mol. The molecule has 0 N–H and O–H groups in total. The Morgan fingerprint density at radius 2 is 1.66 bits per heavy atom. The third kappa shape index (κ3) is 5.55. The molecule has 4 aromatic rings. The molecule has 0 aliphatic carbocycles. The second kappa shape index (κ2) is 10.1. The van der Waals surface area contributed by atoms with E-state index in [1.165, 1.54) is 5.56 Å².